The Morgan fingerprint density at radius 3 is 2.60 bits per heavy atom. The Morgan fingerprint density at radius 1 is 1.20 bits per heavy atom. The van der Waals surface area contributed by atoms with Gasteiger partial charge in [-0.1, -0.05) is 30.3 Å². The zero-order valence-corrected chi connectivity index (χ0v) is 12.0. The van der Waals surface area contributed by atoms with Crippen molar-refractivity contribution in [3.05, 3.63) is 35.9 Å². The van der Waals surface area contributed by atoms with Crippen molar-refractivity contribution < 1.29 is 14.3 Å². The summed E-state index contributed by atoms with van der Waals surface area (Å²) in [5.41, 5.74) is 0.670. The fourth-order valence-corrected chi connectivity index (χ4v) is 2.38. The highest BCUT2D eigenvalue weighted by atomic mass is 16.5. The highest BCUT2D eigenvalue weighted by Gasteiger charge is 2.27. The zero-order chi connectivity index (χ0) is 14.5. The van der Waals surface area contributed by atoms with Gasteiger partial charge in [0.25, 0.3) is 0 Å². The zero-order valence-electron chi connectivity index (χ0n) is 12.0. The quantitative estimate of drug-likeness (QED) is 0.792. The van der Waals surface area contributed by atoms with E-state index in [0.29, 0.717) is 18.7 Å². The van der Waals surface area contributed by atoms with Gasteiger partial charge in [0.05, 0.1) is 18.8 Å². The van der Waals surface area contributed by atoms with Crippen molar-refractivity contribution in [1.82, 2.24) is 4.90 Å². The molecule has 1 amide bonds. The Balaban J connectivity index is 1.87. The van der Waals surface area contributed by atoms with Gasteiger partial charge in [0.2, 0.25) is 5.91 Å². The molecule has 1 heterocycles. The van der Waals surface area contributed by atoms with E-state index in [-0.39, 0.29) is 36.7 Å². The van der Waals surface area contributed by atoms with Gasteiger partial charge in [-0.2, -0.15) is 0 Å². The molecule has 1 aromatic carbocycles. The molecule has 0 bridgehead atoms. The number of rotatable bonds is 4. The summed E-state index contributed by atoms with van der Waals surface area (Å²) in [6, 6.07) is 9.20. The second kappa shape index (κ2) is 6.66. The van der Waals surface area contributed by atoms with Crippen LogP contribution in [-0.4, -0.2) is 41.9 Å². The highest BCUT2D eigenvalue weighted by Crippen LogP contribution is 2.14. The number of benzene rings is 1. The second-order valence-corrected chi connectivity index (χ2v) is 5.33. The number of carbonyl (C=O) groups excluding carboxylic acids is 2. The van der Waals surface area contributed by atoms with Crippen LogP contribution in [0.2, 0.25) is 0 Å². The molecule has 1 aliphatic rings. The summed E-state index contributed by atoms with van der Waals surface area (Å²) >= 11 is 0. The van der Waals surface area contributed by atoms with Crippen molar-refractivity contribution >= 4 is 11.7 Å². The minimum atomic E-state index is 0.0212. The average molecular weight is 275 g/mol. The van der Waals surface area contributed by atoms with Crippen LogP contribution in [0.15, 0.2) is 30.3 Å². The number of hydrogen-bond acceptors (Lipinski definition) is 3. The molecule has 0 N–H and O–H groups in total. The number of carbonyl (C=O) groups is 2. The maximum absolute atomic E-state index is 12.2. The normalized spacial score (nSPS) is 22.6. The predicted octanol–water partition coefficient (Wildman–Crippen LogP) is 2.29. The third-order valence-corrected chi connectivity index (χ3v) is 3.59. The first-order chi connectivity index (χ1) is 9.58. The van der Waals surface area contributed by atoms with E-state index in [1.165, 1.54) is 0 Å². The predicted molar refractivity (Wildman–Crippen MR) is 76.6 cm³/mol. The molecule has 0 radical (unpaired) electrons. The van der Waals surface area contributed by atoms with Gasteiger partial charge in [-0.25, -0.2) is 0 Å². The third kappa shape index (κ3) is 3.67. The molecular weight excluding hydrogens is 254 g/mol. The first-order valence-corrected chi connectivity index (χ1v) is 7.07. The Hall–Kier alpha value is -1.68. The van der Waals surface area contributed by atoms with Crippen LogP contribution in [0.4, 0.5) is 0 Å². The van der Waals surface area contributed by atoms with Crippen LogP contribution in [0.25, 0.3) is 0 Å². The Bertz CT molecular complexity index is 472. The maximum atomic E-state index is 12.2. The largest absolute Gasteiger partial charge is 0.375 e. The second-order valence-electron chi connectivity index (χ2n) is 5.33. The van der Waals surface area contributed by atoms with Crippen LogP contribution in [-0.2, 0) is 9.53 Å². The highest BCUT2D eigenvalue weighted by molar-refractivity contribution is 5.97. The lowest BCUT2D eigenvalue weighted by Crippen LogP contribution is -2.50. The molecule has 0 aromatic heterocycles. The lowest BCUT2D eigenvalue weighted by molar-refractivity contribution is -0.143. The van der Waals surface area contributed by atoms with E-state index in [1.807, 2.05) is 36.9 Å². The van der Waals surface area contributed by atoms with Crippen LogP contribution in [0.3, 0.4) is 0 Å². The van der Waals surface area contributed by atoms with Crippen molar-refractivity contribution in [3.8, 4) is 0 Å². The molecule has 0 aliphatic carbocycles. The Morgan fingerprint density at radius 2 is 1.90 bits per heavy atom. The summed E-state index contributed by atoms with van der Waals surface area (Å²) in [6.45, 7) is 5.11. The van der Waals surface area contributed by atoms with Gasteiger partial charge in [0.1, 0.15) is 0 Å². The van der Waals surface area contributed by atoms with Gasteiger partial charge >= 0.3 is 0 Å². The van der Waals surface area contributed by atoms with E-state index in [1.54, 1.807) is 12.1 Å². The molecule has 4 heteroatoms. The summed E-state index contributed by atoms with van der Waals surface area (Å²) in [5.74, 6) is 0.0600. The van der Waals surface area contributed by atoms with Gasteiger partial charge in [-0.05, 0) is 13.8 Å². The first kappa shape index (κ1) is 14.7. The van der Waals surface area contributed by atoms with Gasteiger partial charge in [0, 0.05) is 24.9 Å². The smallest absolute Gasteiger partial charge is 0.223 e. The number of hydrogen-bond donors (Lipinski definition) is 0. The van der Waals surface area contributed by atoms with E-state index in [9.17, 15) is 9.59 Å². The summed E-state index contributed by atoms with van der Waals surface area (Å²) in [6.07, 6.45) is 0.603. The van der Waals surface area contributed by atoms with Crippen LogP contribution < -0.4 is 0 Å². The van der Waals surface area contributed by atoms with Crippen molar-refractivity contribution in [2.24, 2.45) is 0 Å². The summed E-state index contributed by atoms with van der Waals surface area (Å²) < 4.78 is 5.50. The van der Waals surface area contributed by atoms with Crippen LogP contribution in [0.5, 0.6) is 0 Å². The summed E-state index contributed by atoms with van der Waals surface area (Å²) in [4.78, 5) is 26.0. The van der Waals surface area contributed by atoms with Gasteiger partial charge in [-0.15, -0.1) is 0 Å². The molecule has 0 saturated carbocycles. The van der Waals surface area contributed by atoms with Crippen LogP contribution in [0, 0.1) is 0 Å². The van der Waals surface area contributed by atoms with Crippen LogP contribution in [0.1, 0.15) is 37.0 Å². The molecule has 1 aromatic rings. The number of Topliss-reactive ketones (excluding diaryl/α,β-unsaturated/α-hetero) is 1. The van der Waals surface area contributed by atoms with Gasteiger partial charge in [-0.3, -0.25) is 9.59 Å². The number of ketones is 1. The van der Waals surface area contributed by atoms with E-state index >= 15 is 0 Å². The first-order valence-electron chi connectivity index (χ1n) is 7.07. The molecule has 2 atom stereocenters. The lowest BCUT2D eigenvalue weighted by atomic mass is 10.1. The Labute approximate surface area is 119 Å². The van der Waals surface area contributed by atoms with Crippen molar-refractivity contribution in [1.29, 1.82) is 0 Å². The standard InChI is InChI=1S/C16H21NO3/c1-12-11-20-13(2)10-17(12)16(19)9-8-15(18)14-6-4-3-5-7-14/h3-7,12-13H,8-11H2,1-2H3. The molecule has 1 saturated heterocycles. The maximum Gasteiger partial charge on any atom is 0.223 e. The van der Waals surface area contributed by atoms with Crippen LogP contribution >= 0.6 is 0 Å². The van der Waals surface area contributed by atoms with Gasteiger partial charge in [0.15, 0.2) is 5.78 Å². The SMILES string of the molecule is CC1CN(C(=O)CCC(=O)c2ccccc2)C(C)CO1. The fraction of sp³-hybridized carbons (Fsp3) is 0.500. The lowest BCUT2D eigenvalue weighted by Gasteiger charge is -2.36. The molecule has 20 heavy (non-hydrogen) atoms. The molecular formula is C16H21NO3. The van der Waals surface area contributed by atoms with E-state index in [4.69, 9.17) is 4.74 Å². The Kier molecular flexibility index (Phi) is 4.90. The number of nitrogens with zero attached hydrogens (tertiary/aromatic N) is 1. The molecule has 1 aliphatic heterocycles. The minimum Gasteiger partial charge on any atom is -0.375 e. The molecule has 0 spiro atoms. The number of morpholine rings is 1. The molecule has 1 fully saturated rings. The van der Waals surface area contributed by atoms with Crippen molar-refractivity contribution in [3.63, 3.8) is 0 Å². The van der Waals surface area contributed by atoms with Crippen molar-refractivity contribution in [2.75, 3.05) is 13.2 Å². The topological polar surface area (TPSA) is 46.6 Å². The van der Waals surface area contributed by atoms with E-state index in [2.05, 4.69) is 0 Å². The molecule has 108 valence electrons. The average Bonchev–Trinajstić information content (AvgIpc) is 2.47. The monoisotopic (exact) mass is 275 g/mol. The number of amides is 1. The van der Waals surface area contributed by atoms with E-state index in [0.717, 1.165) is 0 Å². The molecule has 4 nitrogen and oxygen atoms in total. The minimum absolute atomic E-state index is 0.0212. The van der Waals surface area contributed by atoms with Gasteiger partial charge < -0.3 is 9.64 Å². The molecule has 2 unspecified atom stereocenters. The van der Waals surface area contributed by atoms with Crippen molar-refractivity contribution in [2.45, 2.75) is 38.8 Å². The summed E-state index contributed by atoms with van der Waals surface area (Å²) in [5, 5.41) is 0. The number of ether oxygens (including phenoxy) is 1. The van der Waals surface area contributed by atoms with E-state index < -0.39 is 0 Å². The summed E-state index contributed by atoms with van der Waals surface area (Å²) in [7, 11) is 0. The molecule has 2 rings (SSSR count). The third-order valence-electron chi connectivity index (χ3n) is 3.59. The fourth-order valence-electron chi connectivity index (χ4n) is 2.38.